The molecule has 2 amide bonds. The average molecular weight is 362 g/mol. The largest absolute Gasteiger partial charge is 0.341 e. The molecular formula is C23H26N2O2. The van der Waals surface area contributed by atoms with Gasteiger partial charge in [-0.1, -0.05) is 30.3 Å². The molecule has 4 rings (SSSR count). The fraction of sp³-hybridized carbons (Fsp3) is 0.391. The molecule has 2 aromatic rings. The molecule has 2 aliphatic rings. The molecule has 2 aliphatic heterocycles. The van der Waals surface area contributed by atoms with Crippen LogP contribution in [0.25, 0.3) is 0 Å². The third-order valence-corrected chi connectivity index (χ3v) is 6.04. The number of amides is 2. The van der Waals surface area contributed by atoms with Crippen molar-refractivity contribution in [2.75, 3.05) is 24.5 Å². The van der Waals surface area contributed by atoms with Gasteiger partial charge in [-0.25, -0.2) is 0 Å². The van der Waals surface area contributed by atoms with Crippen molar-refractivity contribution in [3.63, 3.8) is 0 Å². The first kappa shape index (κ1) is 17.8. The topological polar surface area (TPSA) is 40.6 Å². The fourth-order valence-electron chi connectivity index (χ4n) is 4.17. The molecule has 0 radical (unpaired) electrons. The lowest BCUT2D eigenvalue weighted by molar-refractivity contribution is -0.139. The minimum absolute atomic E-state index is 0.000797. The number of anilines is 1. The Kier molecular flexibility index (Phi) is 4.73. The first-order valence-electron chi connectivity index (χ1n) is 9.79. The lowest BCUT2D eigenvalue weighted by Crippen LogP contribution is -2.41. The van der Waals surface area contributed by atoms with Gasteiger partial charge in [0.05, 0.1) is 0 Å². The van der Waals surface area contributed by atoms with Crippen LogP contribution in [0, 0.1) is 19.8 Å². The van der Waals surface area contributed by atoms with Crippen LogP contribution < -0.4 is 4.90 Å². The van der Waals surface area contributed by atoms with Gasteiger partial charge in [-0.3, -0.25) is 9.59 Å². The number of rotatable bonds is 2. The summed E-state index contributed by atoms with van der Waals surface area (Å²) in [6.45, 7) is 6.13. The zero-order valence-electron chi connectivity index (χ0n) is 16.1. The highest BCUT2D eigenvalue weighted by atomic mass is 16.2. The quantitative estimate of drug-likeness (QED) is 0.769. The standard InChI is InChI=1S/C23H26N2O2/c1-16-7-8-20(15-17(16)2)25-14-11-21(23(25)27)22(26)24-12-9-18-5-3-4-6-19(18)10-13-24/h3-8,15,21H,9-14H2,1-2H3. The van der Waals surface area contributed by atoms with E-state index < -0.39 is 5.92 Å². The molecule has 27 heavy (non-hydrogen) atoms. The van der Waals surface area contributed by atoms with Crippen molar-refractivity contribution in [1.29, 1.82) is 0 Å². The molecule has 0 aliphatic carbocycles. The molecule has 0 N–H and O–H groups in total. The summed E-state index contributed by atoms with van der Waals surface area (Å²) in [6, 6.07) is 14.5. The predicted molar refractivity (Wildman–Crippen MR) is 107 cm³/mol. The van der Waals surface area contributed by atoms with E-state index in [1.165, 1.54) is 22.3 Å². The average Bonchev–Trinajstić information content (AvgIpc) is 2.92. The van der Waals surface area contributed by atoms with E-state index in [0.29, 0.717) is 26.1 Å². The fourth-order valence-corrected chi connectivity index (χ4v) is 4.17. The van der Waals surface area contributed by atoms with Gasteiger partial charge in [0.1, 0.15) is 5.92 Å². The maximum Gasteiger partial charge on any atom is 0.239 e. The van der Waals surface area contributed by atoms with Crippen LogP contribution in [0.15, 0.2) is 42.5 Å². The summed E-state index contributed by atoms with van der Waals surface area (Å²) in [5, 5.41) is 0. The Hall–Kier alpha value is -2.62. The van der Waals surface area contributed by atoms with Gasteiger partial charge in [-0.2, -0.15) is 0 Å². The molecule has 2 heterocycles. The highest BCUT2D eigenvalue weighted by molar-refractivity contribution is 6.09. The second kappa shape index (κ2) is 7.18. The third-order valence-electron chi connectivity index (χ3n) is 6.04. The normalized spacial score (nSPS) is 19.8. The maximum atomic E-state index is 13.1. The van der Waals surface area contributed by atoms with E-state index in [-0.39, 0.29) is 11.8 Å². The second-order valence-electron chi connectivity index (χ2n) is 7.69. The molecule has 1 atom stereocenters. The van der Waals surface area contributed by atoms with Crippen LogP contribution in [0.2, 0.25) is 0 Å². The van der Waals surface area contributed by atoms with Gasteiger partial charge in [0, 0.05) is 25.3 Å². The number of fused-ring (bicyclic) bond motifs is 1. The summed E-state index contributed by atoms with van der Waals surface area (Å²) < 4.78 is 0. The van der Waals surface area contributed by atoms with E-state index in [1.54, 1.807) is 4.90 Å². The summed E-state index contributed by atoms with van der Waals surface area (Å²) >= 11 is 0. The molecule has 1 unspecified atom stereocenters. The number of carbonyl (C=O) groups is 2. The van der Waals surface area contributed by atoms with Gasteiger partial charge in [0.2, 0.25) is 11.8 Å². The van der Waals surface area contributed by atoms with Crippen LogP contribution in [-0.2, 0) is 22.4 Å². The number of hydrogen-bond acceptors (Lipinski definition) is 2. The molecule has 0 aromatic heterocycles. The van der Waals surface area contributed by atoms with Gasteiger partial charge in [-0.05, 0) is 67.5 Å². The predicted octanol–water partition coefficient (Wildman–Crippen LogP) is 3.28. The van der Waals surface area contributed by atoms with E-state index in [2.05, 4.69) is 38.1 Å². The lowest BCUT2D eigenvalue weighted by Gasteiger charge is -2.24. The number of hydrogen-bond donors (Lipinski definition) is 0. The molecule has 4 nitrogen and oxygen atoms in total. The maximum absolute atomic E-state index is 13.1. The molecule has 0 saturated carbocycles. The minimum atomic E-state index is -0.534. The third kappa shape index (κ3) is 3.36. The number of aryl methyl sites for hydroxylation is 2. The first-order chi connectivity index (χ1) is 13.0. The second-order valence-corrected chi connectivity index (χ2v) is 7.69. The lowest BCUT2D eigenvalue weighted by atomic mass is 10.0. The van der Waals surface area contributed by atoms with Gasteiger partial charge >= 0.3 is 0 Å². The van der Waals surface area contributed by atoms with Crippen LogP contribution in [-0.4, -0.2) is 36.3 Å². The smallest absolute Gasteiger partial charge is 0.239 e. The molecule has 1 saturated heterocycles. The van der Waals surface area contributed by atoms with Crippen LogP contribution in [0.4, 0.5) is 5.69 Å². The van der Waals surface area contributed by atoms with E-state index >= 15 is 0 Å². The molecule has 140 valence electrons. The number of benzene rings is 2. The Morgan fingerprint density at radius 2 is 1.59 bits per heavy atom. The van der Waals surface area contributed by atoms with Crippen molar-refractivity contribution in [2.24, 2.45) is 5.92 Å². The number of carbonyl (C=O) groups excluding carboxylic acids is 2. The summed E-state index contributed by atoms with van der Waals surface area (Å²) in [5.41, 5.74) is 5.92. The summed E-state index contributed by atoms with van der Waals surface area (Å²) in [7, 11) is 0. The first-order valence-corrected chi connectivity index (χ1v) is 9.79. The zero-order chi connectivity index (χ0) is 19.0. The summed E-state index contributed by atoms with van der Waals surface area (Å²) in [4.78, 5) is 29.7. The van der Waals surface area contributed by atoms with Crippen LogP contribution in [0.1, 0.15) is 28.7 Å². The molecule has 1 fully saturated rings. The Morgan fingerprint density at radius 1 is 0.926 bits per heavy atom. The highest BCUT2D eigenvalue weighted by Gasteiger charge is 2.39. The Morgan fingerprint density at radius 3 is 2.22 bits per heavy atom. The molecular weight excluding hydrogens is 336 g/mol. The van der Waals surface area contributed by atoms with Crippen molar-refractivity contribution in [3.05, 3.63) is 64.7 Å². The van der Waals surface area contributed by atoms with Gasteiger partial charge in [0.25, 0.3) is 0 Å². The monoisotopic (exact) mass is 362 g/mol. The van der Waals surface area contributed by atoms with E-state index in [9.17, 15) is 9.59 Å². The van der Waals surface area contributed by atoms with Crippen molar-refractivity contribution in [1.82, 2.24) is 4.90 Å². The summed E-state index contributed by atoms with van der Waals surface area (Å²) in [5.74, 6) is -0.586. The highest BCUT2D eigenvalue weighted by Crippen LogP contribution is 2.28. The number of nitrogens with zero attached hydrogens (tertiary/aromatic N) is 2. The van der Waals surface area contributed by atoms with Crippen LogP contribution in [0.5, 0.6) is 0 Å². The molecule has 0 bridgehead atoms. The van der Waals surface area contributed by atoms with E-state index in [4.69, 9.17) is 0 Å². The molecule has 4 heteroatoms. The van der Waals surface area contributed by atoms with Gasteiger partial charge in [0.15, 0.2) is 0 Å². The Bertz CT molecular complexity index is 863. The SMILES string of the molecule is Cc1ccc(N2CCC(C(=O)N3CCc4ccccc4CC3)C2=O)cc1C. The van der Waals surface area contributed by atoms with E-state index in [0.717, 1.165) is 18.5 Å². The van der Waals surface area contributed by atoms with Gasteiger partial charge < -0.3 is 9.80 Å². The summed E-state index contributed by atoms with van der Waals surface area (Å²) in [6.07, 6.45) is 2.33. The van der Waals surface area contributed by atoms with Gasteiger partial charge in [-0.15, -0.1) is 0 Å². The van der Waals surface area contributed by atoms with Crippen LogP contribution in [0.3, 0.4) is 0 Å². The minimum Gasteiger partial charge on any atom is -0.341 e. The Labute approximate surface area is 160 Å². The zero-order valence-corrected chi connectivity index (χ0v) is 16.1. The Balaban J connectivity index is 1.47. The molecule has 0 spiro atoms. The van der Waals surface area contributed by atoms with Crippen molar-refractivity contribution in [2.45, 2.75) is 33.1 Å². The molecule has 2 aromatic carbocycles. The van der Waals surface area contributed by atoms with Crippen LogP contribution >= 0.6 is 0 Å². The van der Waals surface area contributed by atoms with E-state index in [1.807, 2.05) is 23.1 Å². The van der Waals surface area contributed by atoms with Crippen molar-refractivity contribution < 1.29 is 9.59 Å². The van der Waals surface area contributed by atoms with Crippen molar-refractivity contribution in [3.8, 4) is 0 Å². The van der Waals surface area contributed by atoms with Crippen molar-refractivity contribution >= 4 is 17.5 Å².